The molecule has 0 aliphatic heterocycles. The van der Waals surface area contributed by atoms with Crippen molar-refractivity contribution in [2.24, 2.45) is 0 Å². The molecule has 4 heteroatoms. The molecule has 108 valence electrons. The van der Waals surface area contributed by atoms with Crippen LogP contribution in [0, 0.1) is 11.3 Å². The van der Waals surface area contributed by atoms with Crippen molar-refractivity contribution in [1.82, 2.24) is 0 Å². The van der Waals surface area contributed by atoms with Gasteiger partial charge in [-0.25, -0.2) is 0 Å². The van der Waals surface area contributed by atoms with Crippen molar-refractivity contribution in [3.63, 3.8) is 0 Å². The van der Waals surface area contributed by atoms with Crippen LogP contribution in [0.15, 0.2) is 42.5 Å². The molecule has 0 bridgehead atoms. The second-order valence-electron chi connectivity index (χ2n) is 4.63. The first-order valence-electron chi connectivity index (χ1n) is 6.67. The summed E-state index contributed by atoms with van der Waals surface area (Å²) in [6.07, 6.45) is 0. The fourth-order valence-corrected chi connectivity index (χ4v) is 2.19. The van der Waals surface area contributed by atoms with E-state index in [4.69, 9.17) is 14.7 Å². The highest BCUT2D eigenvalue weighted by Crippen LogP contribution is 2.31. The van der Waals surface area contributed by atoms with Gasteiger partial charge < -0.3 is 14.8 Å². The normalized spacial score (nSPS) is 11.3. The van der Waals surface area contributed by atoms with Crippen LogP contribution in [0.5, 0.6) is 11.5 Å². The molecule has 1 atom stereocenters. The zero-order valence-electron chi connectivity index (χ0n) is 12.4. The summed E-state index contributed by atoms with van der Waals surface area (Å²) in [5, 5.41) is 12.5. The maximum absolute atomic E-state index is 9.14. The van der Waals surface area contributed by atoms with Crippen molar-refractivity contribution in [3.05, 3.63) is 53.6 Å². The third-order valence-electron chi connectivity index (χ3n) is 3.33. The standard InChI is InChI=1S/C17H18N2O2/c1-12(19-16-7-5-4-6-13(16)11-18)15-9-8-14(20-2)10-17(15)21-3/h4-10,12,19H,1-3H3. The quantitative estimate of drug-likeness (QED) is 0.907. The summed E-state index contributed by atoms with van der Waals surface area (Å²) in [6.45, 7) is 2.03. The van der Waals surface area contributed by atoms with Gasteiger partial charge in [0.1, 0.15) is 17.6 Å². The molecule has 0 spiro atoms. The largest absolute Gasteiger partial charge is 0.497 e. The Morgan fingerprint density at radius 1 is 1.10 bits per heavy atom. The number of nitrogens with zero attached hydrogens (tertiary/aromatic N) is 1. The van der Waals surface area contributed by atoms with E-state index in [0.717, 1.165) is 22.7 Å². The Morgan fingerprint density at radius 2 is 1.86 bits per heavy atom. The molecular formula is C17H18N2O2. The number of nitriles is 1. The van der Waals surface area contributed by atoms with Crippen LogP contribution in [-0.4, -0.2) is 14.2 Å². The van der Waals surface area contributed by atoms with Gasteiger partial charge in [-0.1, -0.05) is 12.1 Å². The number of rotatable bonds is 5. The smallest absolute Gasteiger partial charge is 0.127 e. The van der Waals surface area contributed by atoms with Crippen LogP contribution in [0.4, 0.5) is 5.69 Å². The van der Waals surface area contributed by atoms with Gasteiger partial charge >= 0.3 is 0 Å². The lowest BCUT2D eigenvalue weighted by Gasteiger charge is -2.19. The highest BCUT2D eigenvalue weighted by molar-refractivity contribution is 5.59. The van der Waals surface area contributed by atoms with Crippen molar-refractivity contribution in [3.8, 4) is 17.6 Å². The Morgan fingerprint density at radius 3 is 2.52 bits per heavy atom. The third kappa shape index (κ3) is 3.26. The van der Waals surface area contributed by atoms with Gasteiger partial charge in [0.25, 0.3) is 0 Å². The minimum absolute atomic E-state index is 0.000330. The predicted octanol–water partition coefficient (Wildman–Crippen LogP) is 3.75. The Bertz CT molecular complexity index is 662. The number of para-hydroxylation sites is 1. The van der Waals surface area contributed by atoms with Gasteiger partial charge in [0.2, 0.25) is 0 Å². The van der Waals surface area contributed by atoms with Gasteiger partial charge in [-0.3, -0.25) is 0 Å². The first-order chi connectivity index (χ1) is 10.2. The van der Waals surface area contributed by atoms with Crippen molar-refractivity contribution in [2.45, 2.75) is 13.0 Å². The van der Waals surface area contributed by atoms with Crippen LogP contribution in [0.3, 0.4) is 0 Å². The van der Waals surface area contributed by atoms with Crippen LogP contribution in [0.25, 0.3) is 0 Å². The number of hydrogen-bond acceptors (Lipinski definition) is 4. The van der Waals surface area contributed by atoms with Crippen molar-refractivity contribution >= 4 is 5.69 Å². The molecule has 2 aromatic carbocycles. The van der Waals surface area contributed by atoms with Crippen molar-refractivity contribution in [1.29, 1.82) is 5.26 Å². The van der Waals surface area contributed by atoms with E-state index in [0.29, 0.717) is 5.56 Å². The van der Waals surface area contributed by atoms with Crippen LogP contribution in [0.1, 0.15) is 24.1 Å². The molecule has 2 aromatic rings. The number of ether oxygens (including phenoxy) is 2. The second kappa shape index (κ2) is 6.67. The fraction of sp³-hybridized carbons (Fsp3) is 0.235. The summed E-state index contributed by atoms with van der Waals surface area (Å²) in [4.78, 5) is 0. The molecule has 2 rings (SSSR count). The lowest BCUT2D eigenvalue weighted by atomic mass is 10.1. The average molecular weight is 282 g/mol. The van der Waals surface area contributed by atoms with Crippen LogP contribution < -0.4 is 14.8 Å². The number of nitrogens with one attached hydrogen (secondary N) is 1. The Balaban J connectivity index is 2.28. The molecule has 0 amide bonds. The van der Waals surface area contributed by atoms with Gasteiger partial charge in [-0.15, -0.1) is 0 Å². The molecule has 0 radical (unpaired) electrons. The topological polar surface area (TPSA) is 54.3 Å². The molecule has 0 saturated carbocycles. The van der Waals surface area contributed by atoms with Crippen LogP contribution in [0.2, 0.25) is 0 Å². The highest BCUT2D eigenvalue weighted by Gasteiger charge is 2.13. The maximum atomic E-state index is 9.14. The summed E-state index contributed by atoms with van der Waals surface area (Å²) in [5.41, 5.74) is 2.44. The van der Waals surface area contributed by atoms with Gasteiger partial charge in [0.05, 0.1) is 31.5 Å². The molecule has 1 N–H and O–H groups in total. The molecule has 0 saturated heterocycles. The minimum Gasteiger partial charge on any atom is -0.497 e. The summed E-state index contributed by atoms with van der Waals surface area (Å²) >= 11 is 0. The monoisotopic (exact) mass is 282 g/mol. The van der Waals surface area contributed by atoms with Gasteiger partial charge in [-0.05, 0) is 31.2 Å². The van der Waals surface area contributed by atoms with Crippen molar-refractivity contribution < 1.29 is 9.47 Å². The molecular weight excluding hydrogens is 264 g/mol. The number of methoxy groups -OCH3 is 2. The van der Waals surface area contributed by atoms with E-state index >= 15 is 0 Å². The van der Waals surface area contributed by atoms with Gasteiger partial charge in [-0.2, -0.15) is 5.26 Å². The number of anilines is 1. The van der Waals surface area contributed by atoms with E-state index in [9.17, 15) is 0 Å². The van der Waals surface area contributed by atoms with Crippen molar-refractivity contribution in [2.75, 3.05) is 19.5 Å². The zero-order valence-corrected chi connectivity index (χ0v) is 12.4. The first kappa shape index (κ1) is 14.7. The summed E-state index contributed by atoms with van der Waals surface area (Å²) in [6, 6.07) is 15.3. The third-order valence-corrected chi connectivity index (χ3v) is 3.33. The molecule has 0 fully saturated rings. The van der Waals surface area contributed by atoms with Gasteiger partial charge in [0.15, 0.2) is 0 Å². The Kier molecular flexibility index (Phi) is 4.68. The summed E-state index contributed by atoms with van der Waals surface area (Å²) < 4.78 is 10.6. The Labute approximate surface area is 124 Å². The number of benzene rings is 2. The van der Waals surface area contributed by atoms with E-state index in [2.05, 4.69) is 11.4 Å². The Hall–Kier alpha value is -2.67. The number of hydrogen-bond donors (Lipinski definition) is 1. The van der Waals surface area contributed by atoms with E-state index in [1.165, 1.54) is 0 Å². The molecule has 0 aromatic heterocycles. The van der Waals surface area contributed by atoms with Gasteiger partial charge in [0, 0.05) is 11.6 Å². The molecule has 0 heterocycles. The zero-order chi connectivity index (χ0) is 15.2. The predicted molar refractivity (Wildman–Crippen MR) is 82.7 cm³/mol. The van der Waals surface area contributed by atoms with Crippen LogP contribution >= 0.6 is 0 Å². The summed E-state index contributed by atoms with van der Waals surface area (Å²) in [7, 11) is 3.26. The average Bonchev–Trinajstić information content (AvgIpc) is 2.54. The van der Waals surface area contributed by atoms with E-state index in [-0.39, 0.29) is 6.04 Å². The maximum Gasteiger partial charge on any atom is 0.127 e. The highest BCUT2D eigenvalue weighted by atomic mass is 16.5. The molecule has 21 heavy (non-hydrogen) atoms. The summed E-state index contributed by atoms with van der Waals surface area (Å²) in [5.74, 6) is 1.50. The SMILES string of the molecule is COc1ccc(C(C)Nc2ccccc2C#N)c(OC)c1. The fourth-order valence-electron chi connectivity index (χ4n) is 2.19. The molecule has 1 unspecified atom stereocenters. The molecule has 0 aliphatic carbocycles. The first-order valence-corrected chi connectivity index (χ1v) is 6.67. The van der Waals surface area contributed by atoms with E-state index < -0.39 is 0 Å². The lowest BCUT2D eigenvalue weighted by Crippen LogP contribution is -2.09. The minimum atomic E-state index is 0.000330. The van der Waals surface area contributed by atoms with Crippen LogP contribution in [-0.2, 0) is 0 Å². The van der Waals surface area contributed by atoms with E-state index in [1.807, 2.05) is 43.3 Å². The lowest BCUT2D eigenvalue weighted by molar-refractivity contribution is 0.390. The van der Waals surface area contributed by atoms with E-state index in [1.54, 1.807) is 20.3 Å². The molecule has 0 aliphatic rings. The molecule has 4 nitrogen and oxygen atoms in total. The second-order valence-corrected chi connectivity index (χ2v) is 4.63.